The van der Waals surface area contributed by atoms with Crippen molar-refractivity contribution >= 4 is 11.6 Å². The molecule has 0 saturated heterocycles. The summed E-state index contributed by atoms with van der Waals surface area (Å²) in [6.07, 6.45) is 3.93. The van der Waals surface area contributed by atoms with E-state index < -0.39 is 0 Å². The van der Waals surface area contributed by atoms with Gasteiger partial charge < -0.3 is 10.1 Å². The van der Waals surface area contributed by atoms with Crippen molar-refractivity contribution in [2.75, 3.05) is 7.11 Å². The van der Waals surface area contributed by atoms with Crippen LogP contribution in [0.1, 0.15) is 37.8 Å². The van der Waals surface area contributed by atoms with Crippen LogP contribution in [0.2, 0.25) is 5.02 Å². The second-order valence-electron chi connectivity index (χ2n) is 4.81. The lowest BCUT2D eigenvalue weighted by molar-refractivity contribution is 0.106. The topological polar surface area (TPSA) is 21.3 Å². The summed E-state index contributed by atoms with van der Waals surface area (Å²) >= 11 is 5.89. The van der Waals surface area contributed by atoms with Gasteiger partial charge in [0.25, 0.3) is 0 Å². The quantitative estimate of drug-likeness (QED) is 0.886. The lowest BCUT2D eigenvalue weighted by atomic mass is 10.1. The SMILES string of the molecule is COC1CCC(NC(C)c2ccc(Cl)cc2)C1. The number of ether oxygens (including phenoxy) is 1. The summed E-state index contributed by atoms with van der Waals surface area (Å²) in [4.78, 5) is 0. The Bertz CT molecular complexity index is 352. The summed E-state index contributed by atoms with van der Waals surface area (Å²) in [5.41, 5.74) is 1.29. The van der Waals surface area contributed by atoms with Gasteiger partial charge in [0.15, 0.2) is 0 Å². The van der Waals surface area contributed by atoms with E-state index in [2.05, 4.69) is 24.4 Å². The maximum absolute atomic E-state index is 5.89. The van der Waals surface area contributed by atoms with Crippen LogP contribution >= 0.6 is 11.6 Å². The molecule has 2 rings (SSSR count). The second kappa shape index (κ2) is 5.85. The van der Waals surface area contributed by atoms with Crippen LogP contribution in [0.3, 0.4) is 0 Å². The highest BCUT2D eigenvalue weighted by Gasteiger charge is 2.25. The Labute approximate surface area is 108 Å². The molecule has 1 N–H and O–H groups in total. The zero-order chi connectivity index (χ0) is 12.3. The second-order valence-corrected chi connectivity index (χ2v) is 5.24. The monoisotopic (exact) mass is 253 g/mol. The molecule has 17 heavy (non-hydrogen) atoms. The molecular weight excluding hydrogens is 234 g/mol. The summed E-state index contributed by atoms with van der Waals surface area (Å²) in [6, 6.07) is 9.01. The average Bonchev–Trinajstić information content (AvgIpc) is 2.77. The molecule has 1 fully saturated rings. The fourth-order valence-corrected chi connectivity index (χ4v) is 2.63. The number of methoxy groups -OCH3 is 1. The van der Waals surface area contributed by atoms with Crippen molar-refractivity contribution in [2.45, 2.75) is 44.4 Å². The molecule has 0 radical (unpaired) electrons. The van der Waals surface area contributed by atoms with Gasteiger partial charge in [-0.1, -0.05) is 23.7 Å². The molecule has 0 aromatic heterocycles. The van der Waals surface area contributed by atoms with Crippen molar-refractivity contribution in [3.63, 3.8) is 0 Å². The Balaban J connectivity index is 1.89. The van der Waals surface area contributed by atoms with Crippen molar-refractivity contribution in [2.24, 2.45) is 0 Å². The third kappa shape index (κ3) is 3.44. The first-order chi connectivity index (χ1) is 8.19. The number of halogens is 1. The lowest BCUT2D eigenvalue weighted by Gasteiger charge is -2.20. The van der Waals surface area contributed by atoms with Crippen molar-refractivity contribution in [3.05, 3.63) is 34.9 Å². The van der Waals surface area contributed by atoms with E-state index in [0.29, 0.717) is 18.2 Å². The van der Waals surface area contributed by atoms with Crippen LogP contribution in [0.4, 0.5) is 0 Å². The van der Waals surface area contributed by atoms with E-state index in [1.807, 2.05) is 12.1 Å². The normalized spacial score (nSPS) is 26.1. The van der Waals surface area contributed by atoms with Gasteiger partial charge in [-0.15, -0.1) is 0 Å². The Morgan fingerprint density at radius 2 is 2.00 bits per heavy atom. The summed E-state index contributed by atoms with van der Waals surface area (Å²) in [5.74, 6) is 0. The predicted molar refractivity (Wildman–Crippen MR) is 71.4 cm³/mol. The first kappa shape index (κ1) is 12.9. The highest BCUT2D eigenvalue weighted by atomic mass is 35.5. The molecule has 2 nitrogen and oxygen atoms in total. The van der Waals surface area contributed by atoms with Crippen LogP contribution in [0.5, 0.6) is 0 Å². The van der Waals surface area contributed by atoms with Crippen LogP contribution in [0, 0.1) is 0 Å². The summed E-state index contributed by atoms with van der Waals surface area (Å²) in [7, 11) is 1.80. The van der Waals surface area contributed by atoms with E-state index in [1.165, 1.54) is 18.4 Å². The Morgan fingerprint density at radius 3 is 2.59 bits per heavy atom. The number of benzene rings is 1. The third-order valence-electron chi connectivity index (χ3n) is 3.57. The molecule has 3 heteroatoms. The van der Waals surface area contributed by atoms with Crippen molar-refractivity contribution in [1.82, 2.24) is 5.32 Å². The van der Waals surface area contributed by atoms with Crippen LogP contribution in [0.15, 0.2) is 24.3 Å². The number of hydrogen-bond acceptors (Lipinski definition) is 2. The van der Waals surface area contributed by atoms with Gasteiger partial charge in [0, 0.05) is 24.2 Å². The molecule has 3 atom stereocenters. The maximum atomic E-state index is 5.89. The van der Waals surface area contributed by atoms with Gasteiger partial charge in [0.05, 0.1) is 6.10 Å². The molecule has 94 valence electrons. The molecule has 0 aliphatic heterocycles. The van der Waals surface area contributed by atoms with Crippen molar-refractivity contribution in [1.29, 1.82) is 0 Å². The van der Waals surface area contributed by atoms with Gasteiger partial charge in [-0.05, 0) is 43.9 Å². The van der Waals surface area contributed by atoms with Crippen LogP contribution in [0.25, 0.3) is 0 Å². The van der Waals surface area contributed by atoms with Gasteiger partial charge in [-0.2, -0.15) is 0 Å². The van der Waals surface area contributed by atoms with Crippen LogP contribution in [-0.2, 0) is 4.74 Å². The first-order valence-corrected chi connectivity index (χ1v) is 6.61. The number of nitrogens with one attached hydrogen (secondary N) is 1. The average molecular weight is 254 g/mol. The van der Waals surface area contributed by atoms with Gasteiger partial charge in [-0.25, -0.2) is 0 Å². The summed E-state index contributed by atoms with van der Waals surface area (Å²) in [6.45, 7) is 2.20. The zero-order valence-electron chi connectivity index (χ0n) is 10.4. The largest absolute Gasteiger partial charge is 0.381 e. The molecule has 1 aromatic rings. The lowest BCUT2D eigenvalue weighted by Crippen LogP contribution is -2.29. The van der Waals surface area contributed by atoms with Gasteiger partial charge in [0.2, 0.25) is 0 Å². The van der Waals surface area contributed by atoms with E-state index in [9.17, 15) is 0 Å². The summed E-state index contributed by atoms with van der Waals surface area (Å²) in [5, 5.41) is 4.45. The molecule has 1 aliphatic carbocycles. The van der Waals surface area contributed by atoms with Gasteiger partial charge in [0.1, 0.15) is 0 Å². The minimum atomic E-state index is 0.368. The molecule has 3 unspecified atom stereocenters. The Hall–Kier alpha value is -0.570. The highest BCUT2D eigenvalue weighted by Crippen LogP contribution is 2.24. The zero-order valence-corrected chi connectivity index (χ0v) is 11.2. The molecule has 0 bridgehead atoms. The molecule has 1 aromatic carbocycles. The molecule has 0 heterocycles. The van der Waals surface area contributed by atoms with E-state index in [-0.39, 0.29) is 0 Å². The molecule has 0 spiro atoms. The number of hydrogen-bond donors (Lipinski definition) is 1. The van der Waals surface area contributed by atoms with E-state index in [0.717, 1.165) is 11.4 Å². The van der Waals surface area contributed by atoms with Crippen molar-refractivity contribution in [3.8, 4) is 0 Å². The standard InChI is InChI=1S/C14H20ClNO/c1-10(11-3-5-12(15)6-4-11)16-13-7-8-14(9-13)17-2/h3-6,10,13-14,16H,7-9H2,1-2H3. The fourth-order valence-electron chi connectivity index (χ4n) is 2.51. The molecule has 1 saturated carbocycles. The smallest absolute Gasteiger partial charge is 0.0586 e. The third-order valence-corrected chi connectivity index (χ3v) is 3.83. The maximum Gasteiger partial charge on any atom is 0.0586 e. The minimum absolute atomic E-state index is 0.368. The summed E-state index contributed by atoms with van der Waals surface area (Å²) < 4.78 is 5.39. The number of rotatable bonds is 4. The molecule has 1 aliphatic rings. The minimum Gasteiger partial charge on any atom is -0.381 e. The van der Waals surface area contributed by atoms with E-state index in [1.54, 1.807) is 7.11 Å². The van der Waals surface area contributed by atoms with Gasteiger partial charge in [-0.3, -0.25) is 0 Å². The Morgan fingerprint density at radius 1 is 1.29 bits per heavy atom. The first-order valence-electron chi connectivity index (χ1n) is 6.23. The Kier molecular flexibility index (Phi) is 4.43. The fraction of sp³-hybridized carbons (Fsp3) is 0.571. The molecule has 0 amide bonds. The van der Waals surface area contributed by atoms with Crippen molar-refractivity contribution < 1.29 is 4.74 Å². The highest BCUT2D eigenvalue weighted by molar-refractivity contribution is 6.30. The predicted octanol–water partition coefficient (Wildman–Crippen LogP) is 3.56. The van der Waals surface area contributed by atoms with E-state index >= 15 is 0 Å². The molecular formula is C14H20ClNO. The van der Waals surface area contributed by atoms with Gasteiger partial charge >= 0.3 is 0 Å². The van der Waals surface area contributed by atoms with Crippen LogP contribution < -0.4 is 5.32 Å². The van der Waals surface area contributed by atoms with E-state index in [4.69, 9.17) is 16.3 Å². The van der Waals surface area contributed by atoms with Crippen LogP contribution in [-0.4, -0.2) is 19.3 Å².